The van der Waals surface area contributed by atoms with Crippen LogP contribution in [0.2, 0.25) is 0 Å². The molecule has 27 heavy (non-hydrogen) atoms. The van der Waals surface area contributed by atoms with Crippen LogP contribution in [-0.4, -0.2) is 34.8 Å². The van der Waals surface area contributed by atoms with Gasteiger partial charge in [-0.25, -0.2) is 0 Å². The summed E-state index contributed by atoms with van der Waals surface area (Å²) >= 11 is 0. The lowest BCUT2D eigenvalue weighted by Gasteiger charge is -2.39. The predicted molar refractivity (Wildman–Crippen MR) is 89.6 cm³/mol. The smallest absolute Gasteiger partial charge is 0.284 e. The van der Waals surface area contributed by atoms with Crippen molar-refractivity contribution in [2.45, 2.75) is 27.7 Å². The van der Waals surface area contributed by atoms with E-state index in [4.69, 9.17) is 9.47 Å². The molecule has 0 saturated heterocycles. The summed E-state index contributed by atoms with van der Waals surface area (Å²) in [7, 11) is 0. The molecule has 1 aromatic rings. The molecule has 0 aromatic heterocycles. The maximum Gasteiger partial charge on any atom is 0.284 e. The summed E-state index contributed by atoms with van der Waals surface area (Å²) in [5.74, 6) is -4.95. The predicted octanol–water partition coefficient (Wildman–Crippen LogP) is 1.90. The number of hydrogen-bond donors (Lipinski definition) is 0. The van der Waals surface area contributed by atoms with Crippen molar-refractivity contribution in [3.8, 4) is 11.5 Å². The summed E-state index contributed by atoms with van der Waals surface area (Å²) < 4.78 is 10.2. The van der Waals surface area contributed by atoms with E-state index in [2.05, 4.69) is 0 Å². The number of carbonyl (C=O) groups excluding carboxylic acids is 4. The monoisotopic (exact) mass is 375 g/mol. The molecule has 2 aliphatic rings. The zero-order valence-corrected chi connectivity index (χ0v) is 15.2. The van der Waals surface area contributed by atoms with Crippen LogP contribution in [0.25, 0.3) is 0 Å². The number of nitrogens with zero attached hydrogens (tertiary/aromatic N) is 1. The first-order valence-electron chi connectivity index (χ1n) is 8.16. The zero-order chi connectivity index (χ0) is 20.3. The molecule has 1 aliphatic heterocycles. The molecule has 142 valence electrons. The van der Waals surface area contributed by atoms with Gasteiger partial charge >= 0.3 is 0 Å². The van der Waals surface area contributed by atoms with Gasteiger partial charge in [-0.05, 0) is 27.7 Å². The average Bonchev–Trinajstić information content (AvgIpc) is 3.05. The van der Waals surface area contributed by atoms with Crippen molar-refractivity contribution in [3.05, 3.63) is 27.8 Å². The summed E-state index contributed by atoms with van der Waals surface area (Å²) in [6, 6.07) is 2.12. The Hall–Kier alpha value is -3.10. The molecule has 0 radical (unpaired) electrons. The quantitative estimate of drug-likeness (QED) is 0.339. The third kappa shape index (κ3) is 2.53. The Bertz CT molecular complexity index is 898. The molecule has 3 rings (SSSR count). The highest BCUT2D eigenvalue weighted by Gasteiger charge is 2.60. The first-order valence-corrected chi connectivity index (χ1v) is 8.16. The standard InChI is InChI=1S/C18H17NO8/c1-17(2)14(21)12(15(22)18(3,4)16(17)23)13(20)8-5-10-11(27-7-26-10)6-9(8)19(24)25/h5-6,12H,7H2,1-4H3. The number of fused-ring (bicyclic) bond motifs is 1. The molecule has 0 unspecified atom stereocenters. The van der Waals surface area contributed by atoms with Gasteiger partial charge < -0.3 is 9.47 Å². The minimum Gasteiger partial charge on any atom is -0.454 e. The second-order valence-corrected chi connectivity index (χ2v) is 7.58. The third-order valence-electron chi connectivity index (χ3n) is 5.11. The fraction of sp³-hybridized carbons (Fsp3) is 0.444. The van der Waals surface area contributed by atoms with Gasteiger partial charge in [0.25, 0.3) is 5.69 Å². The van der Waals surface area contributed by atoms with Gasteiger partial charge in [-0.1, -0.05) is 0 Å². The van der Waals surface area contributed by atoms with E-state index in [1.54, 1.807) is 0 Å². The van der Waals surface area contributed by atoms with E-state index in [1.807, 2.05) is 0 Å². The van der Waals surface area contributed by atoms with Gasteiger partial charge in [0.05, 0.1) is 21.8 Å². The molecule has 0 spiro atoms. The summed E-state index contributed by atoms with van der Waals surface area (Å²) in [6.45, 7) is 5.22. The minimum absolute atomic E-state index is 0.0929. The molecule has 1 aliphatic carbocycles. The number of hydrogen-bond acceptors (Lipinski definition) is 8. The molecule has 1 heterocycles. The van der Waals surface area contributed by atoms with E-state index in [0.717, 1.165) is 12.1 Å². The van der Waals surface area contributed by atoms with Crippen LogP contribution in [0.15, 0.2) is 12.1 Å². The Morgan fingerprint density at radius 3 is 2.00 bits per heavy atom. The number of ether oxygens (including phenoxy) is 2. The molecule has 0 atom stereocenters. The molecule has 0 bridgehead atoms. The van der Waals surface area contributed by atoms with Crippen LogP contribution >= 0.6 is 0 Å². The lowest BCUT2D eigenvalue weighted by atomic mass is 9.57. The number of rotatable bonds is 3. The summed E-state index contributed by atoms with van der Waals surface area (Å²) in [6.07, 6.45) is 0. The SMILES string of the molecule is CC1(C)C(=O)C(C(=O)c2cc3c(cc2[N+](=O)[O-])OCO3)C(=O)C(C)(C)C1=O. The van der Waals surface area contributed by atoms with Crippen molar-refractivity contribution in [2.24, 2.45) is 16.7 Å². The highest BCUT2D eigenvalue weighted by Crippen LogP contribution is 2.44. The van der Waals surface area contributed by atoms with E-state index in [1.165, 1.54) is 27.7 Å². The van der Waals surface area contributed by atoms with Crippen LogP contribution in [0.5, 0.6) is 11.5 Å². The molecule has 9 nitrogen and oxygen atoms in total. The Morgan fingerprint density at radius 1 is 1.04 bits per heavy atom. The van der Waals surface area contributed by atoms with Gasteiger partial charge in [-0.15, -0.1) is 0 Å². The van der Waals surface area contributed by atoms with E-state index in [0.29, 0.717) is 0 Å². The van der Waals surface area contributed by atoms with Crippen molar-refractivity contribution in [1.29, 1.82) is 0 Å². The van der Waals surface area contributed by atoms with Gasteiger partial charge in [0.15, 0.2) is 34.6 Å². The molecule has 1 saturated carbocycles. The van der Waals surface area contributed by atoms with Gasteiger partial charge in [-0.2, -0.15) is 0 Å². The first kappa shape index (κ1) is 18.7. The van der Waals surface area contributed by atoms with Crippen LogP contribution in [0.3, 0.4) is 0 Å². The topological polar surface area (TPSA) is 130 Å². The van der Waals surface area contributed by atoms with Crippen molar-refractivity contribution in [1.82, 2.24) is 0 Å². The number of Topliss-reactive ketones (excluding diaryl/α,β-unsaturated/α-hetero) is 4. The van der Waals surface area contributed by atoms with E-state index >= 15 is 0 Å². The molecule has 9 heteroatoms. The van der Waals surface area contributed by atoms with Crippen LogP contribution < -0.4 is 9.47 Å². The van der Waals surface area contributed by atoms with Crippen molar-refractivity contribution in [3.63, 3.8) is 0 Å². The van der Waals surface area contributed by atoms with Crippen molar-refractivity contribution >= 4 is 28.8 Å². The van der Waals surface area contributed by atoms with E-state index < -0.39 is 56.1 Å². The third-order valence-corrected chi connectivity index (χ3v) is 5.11. The van der Waals surface area contributed by atoms with Gasteiger partial charge in [0.2, 0.25) is 6.79 Å². The zero-order valence-electron chi connectivity index (χ0n) is 15.2. The highest BCUT2D eigenvalue weighted by atomic mass is 16.7. The Balaban J connectivity index is 2.16. The van der Waals surface area contributed by atoms with Gasteiger partial charge in [0.1, 0.15) is 11.5 Å². The second kappa shape index (κ2) is 5.70. The molecule has 0 N–H and O–H groups in total. The first-order chi connectivity index (χ1) is 12.4. The number of ketones is 4. The lowest BCUT2D eigenvalue weighted by Crippen LogP contribution is -2.59. The molecule has 1 aromatic carbocycles. The van der Waals surface area contributed by atoms with Crippen LogP contribution in [0.1, 0.15) is 38.1 Å². The van der Waals surface area contributed by atoms with Crippen molar-refractivity contribution in [2.75, 3.05) is 6.79 Å². The van der Waals surface area contributed by atoms with E-state index in [-0.39, 0.29) is 18.3 Å². The average molecular weight is 375 g/mol. The van der Waals surface area contributed by atoms with Crippen LogP contribution in [0.4, 0.5) is 5.69 Å². The Morgan fingerprint density at radius 2 is 1.52 bits per heavy atom. The van der Waals surface area contributed by atoms with Gasteiger partial charge in [0, 0.05) is 6.07 Å². The number of benzene rings is 1. The maximum atomic E-state index is 13.1. The fourth-order valence-corrected chi connectivity index (χ4v) is 3.52. The van der Waals surface area contributed by atoms with Crippen molar-refractivity contribution < 1.29 is 33.6 Å². The Labute approximate surface area is 153 Å². The lowest BCUT2D eigenvalue weighted by molar-refractivity contribution is -0.385. The highest BCUT2D eigenvalue weighted by molar-refractivity contribution is 6.37. The number of nitro benzene ring substituents is 1. The summed E-state index contributed by atoms with van der Waals surface area (Å²) in [5.41, 5.74) is -4.17. The maximum absolute atomic E-state index is 13.1. The molecule has 0 amide bonds. The normalized spacial score (nSPS) is 20.7. The Kier molecular flexibility index (Phi) is 3.94. The van der Waals surface area contributed by atoms with Crippen LogP contribution in [-0.2, 0) is 14.4 Å². The molecular formula is C18H17NO8. The largest absolute Gasteiger partial charge is 0.454 e. The minimum atomic E-state index is -1.80. The van der Waals surface area contributed by atoms with Gasteiger partial charge in [-0.3, -0.25) is 29.3 Å². The fourth-order valence-electron chi connectivity index (χ4n) is 3.52. The van der Waals surface area contributed by atoms with Crippen LogP contribution in [0, 0.1) is 26.9 Å². The summed E-state index contributed by atoms with van der Waals surface area (Å²) in [5, 5.41) is 11.4. The second-order valence-electron chi connectivity index (χ2n) is 7.58. The summed E-state index contributed by atoms with van der Waals surface area (Å²) in [4.78, 5) is 61.8. The number of carbonyl (C=O) groups is 4. The molecule has 1 fully saturated rings. The molecular weight excluding hydrogens is 358 g/mol. The number of nitro groups is 1. The van der Waals surface area contributed by atoms with E-state index in [9.17, 15) is 29.3 Å².